The quantitative estimate of drug-likeness (QED) is 0.786. The number of hydrogen-bond acceptors (Lipinski definition) is 4. The molecule has 1 aliphatic rings. The van der Waals surface area contributed by atoms with Gasteiger partial charge in [0.05, 0.1) is 0 Å². The van der Waals surface area contributed by atoms with Gasteiger partial charge in [-0.25, -0.2) is 9.50 Å². The van der Waals surface area contributed by atoms with Crippen LogP contribution in [0.2, 0.25) is 0 Å². The van der Waals surface area contributed by atoms with Gasteiger partial charge < -0.3 is 9.84 Å². The lowest BCUT2D eigenvalue weighted by Crippen LogP contribution is -2.15. The molecule has 1 saturated heterocycles. The molecule has 1 aliphatic heterocycles. The number of nitrogens with zero attached hydrogens (tertiary/aromatic N) is 3. The Bertz CT molecular complexity index is 503. The summed E-state index contributed by atoms with van der Waals surface area (Å²) in [5.41, 5.74) is 0.531. The molecule has 1 N–H and O–H groups in total. The average molecular weight is 219 g/mol. The zero-order valence-corrected chi connectivity index (χ0v) is 8.83. The predicted molar refractivity (Wildman–Crippen MR) is 57.4 cm³/mol. The van der Waals surface area contributed by atoms with Crippen molar-refractivity contribution in [2.75, 3.05) is 13.2 Å². The van der Waals surface area contributed by atoms with Crippen LogP contribution in [0.3, 0.4) is 0 Å². The third kappa shape index (κ3) is 1.53. The Hall–Kier alpha value is -1.62. The van der Waals surface area contributed by atoms with E-state index in [0.717, 1.165) is 31.9 Å². The van der Waals surface area contributed by atoms with Crippen LogP contribution in [0.5, 0.6) is 5.75 Å². The summed E-state index contributed by atoms with van der Waals surface area (Å²) in [6.45, 7) is 1.54. The van der Waals surface area contributed by atoms with E-state index >= 15 is 0 Å². The highest BCUT2D eigenvalue weighted by molar-refractivity contribution is 5.51. The SMILES string of the molecule is Oc1cccn2nc(C3CCOCC3)nc12. The molecule has 0 radical (unpaired) electrons. The Kier molecular flexibility index (Phi) is 2.25. The normalized spacial score (nSPS) is 18.0. The maximum atomic E-state index is 9.63. The van der Waals surface area contributed by atoms with Crippen LogP contribution in [0.25, 0.3) is 5.65 Å². The summed E-state index contributed by atoms with van der Waals surface area (Å²) in [7, 11) is 0. The first-order valence-electron chi connectivity index (χ1n) is 5.46. The maximum absolute atomic E-state index is 9.63. The van der Waals surface area contributed by atoms with Crippen molar-refractivity contribution in [2.24, 2.45) is 0 Å². The highest BCUT2D eigenvalue weighted by Gasteiger charge is 2.20. The zero-order valence-electron chi connectivity index (χ0n) is 8.83. The van der Waals surface area contributed by atoms with Crippen molar-refractivity contribution in [2.45, 2.75) is 18.8 Å². The fourth-order valence-corrected chi connectivity index (χ4v) is 2.04. The molecular formula is C11H13N3O2. The third-order valence-electron chi connectivity index (χ3n) is 2.94. The average Bonchev–Trinajstić information content (AvgIpc) is 2.76. The standard InChI is InChI=1S/C11H13N3O2/c15-9-2-1-5-14-11(9)12-10(13-14)8-3-6-16-7-4-8/h1-2,5,8,15H,3-4,6-7H2. The molecule has 84 valence electrons. The van der Waals surface area contributed by atoms with E-state index in [2.05, 4.69) is 10.1 Å². The predicted octanol–water partition coefficient (Wildman–Crippen LogP) is 1.33. The van der Waals surface area contributed by atoms with E-state index in [-0.39, 0.29) is 5.75 Å². The summed E-state index contributed by atoms with van der Waals surface area (Å²) < 4.78 is 6.93. The van der Waals surface area contributed by atoms with Crippen molar-refractivity contribution in [3.05, 3.63) is 24.2 Å². The molecule has 1 fully saturated rings. The molecule has 0 spiro atoms. The Morgan fingerprint density at radius 1 is 1.38 bits per heavy atom. The minimum atomic E-state index is 0.174. The third-order valence-corrected chi connectivity index (χ3v) is 2.94. The molecule has 0 bridgehead atoms. The largest absolute Gasteiger partial charge is 0.504 e. The van der Waals surface area contributed by atoms with E-state index in [0.29, 0.717) is 11.6 Å². The number of ether oxygens (including phenoxy) is 1. The van der Waals surface area contributed by atoms with E-state index in [1.54, 1.807) is 22.8 Å². The lowest BCUT2D eigenvalue weighted by Gasteiger charge is -2.18. The molecule has 2 aromatic rings. The number of fused-ring (bicyclic) bond motifs is 1. The summed E-state index contributed by atoms with van der Waals surface area (Å²) in [5, 5.41) is 14.0. The van der Waals surface area contributed by atoms with Crippen LogP contribution in [-0.2, 0) is 4.74 Å². The van der Waals surface area contributed by atoms with Gasteiger partial charge >= 0.3 is 0 Å². The molecule has 0 aromatic carbocycles. The van der Waals surface area contributed by atoms with Crippen molar-refractivity contribution < 1.29 is 9.84 Å². The van der Waals surface area contributed by atoms with Crippen LogP contribution in [0, 0.1) is 0 Å². The Labute approximate surface area is 92.7 Å². The van der Waals surface area contributed by atoms with Gasteiger partial charge in [-0.2, -0.15) is 5.10 Å². The van der Waals surface area contributed by atoms with Gasteiger partial charge in [0.1, 0.15) is 0 Å². The summed E-state index contributed by atoms with van der Waals surface area (Å²) >= 11 is 0. The van der Waals surface area contributed by atoms with Gasteiger partial charge in [0.25, 0.3) is 0 Å². The highest BCUT2D eigenvalue weighted by Crippen LogP contribution is 2.26. The molecule has 0 amide bonds. The molecule has 0 unspecified atom stereocenters. The van der Waals surface area contributed by atoms with Gasteiger partial charge in [-0.05, 0) is 25.0 Å². The van der Waals surface area contributed by atoms with Crippen LogP contribution < -0.4 is 0 Å². The van der Waals surface area contributed by atoms with Gasteiger partial charge in [0, 0.05) is 25.3 Å². The van der Waals surface area contributed by atoms with Gasteiger partial charge in [-0.1, -0.05) is 0 Å². The van der Waals surface area contributed by atoms with Crippen LogP contribution >= 0.6 is 0 Å². The second-order valence-corrected chi connectivity index (χ2v) is 4.02. The van der Waals surface area contributed by atoms with Crippen molar-refractivity contribution in [3.63, 3.8) is 0 Å². The fourth-order valence-electron chi connectivity index (χ4n) is 2.04. The maximum Gasteiger partial charge on any atom is 0.197 e. The molecule has 0 saturated carbocycles. The minimum absolute atomic E-state index is 0.174. The monoisotopic (exact) mass is 219 g/mol. The first-order chi connectivity index (χ1) is 7.84. The van der Waals surface area contributed by atoms with Crippen LogP contribution in [0.4, 0.5) is 0 Å². The summed E-state index contributed by atoms with van der Waals surface area (Å²) in [4.78, 5) is 4.38. The molecular weight excluding hydrogens is 206 g/mol. The van der Waals surface area contributed by atoms with Crippen molar-refractivity contribution in [1.29, 1.82) is 0 Å². The molecule has 16 heavy (non-hydrogen) atoms. The number of pyridine rings is 1. The molecule has 5 heteroatoms. The lowest BCUT2D eigenvalue weighted by molar-refractivity contribution is 0.0836. The van der Waals surface area contributed by atoms with Crippen LogP contribution in [-0.4, -0.2) is 32.9 Å². The van der Waals surface area contributed by atoms with Crippen LogP contribution in [0.1, 0.15) is 24.6 Å². The second-order valence-electron chi connectivity index (χ2n) is 4.02. The van der Waals surface area contributed by atoms with E-state index < -0.39 is 0 Å². The number of rotatable bonds is 1. The second kappa shape index (κ2) is 3.75. The Balaban J connectivity index is 2.01. The molecule has 0 atom stereocenters. The van der Waals surface area contributed by atoms with E-state index in [1.807, 2.05) is 0 Å². The number of aromatic nitrogens is 3. The molecule has 2 aromatic heterocycles. The number of hydrogen-bond donors (Lipinski definition) is 1. The van der Waals surface area contributed by atoms with E-state index in [1.165, 1.54) is 0 Å². The lowest BCUT2D eigenvalue weighted by atomic mass is 10.00. The van der Waals surface area contributed by atoms with E-state index in [4.69, 9.17) is 4.74 Å². The zero-order chi connectivity index (χ0) is 11.0. The van der Waals surface area contributed by atoms with Crippen molar-refractivity contribution in [3.8, 4) is 5.75 Å². The van der Waals surface area contributed by atoms with Crippen LogP contribution in [0.15, 0.2) is 18.3 Å². The Morgan fingerprint density at radius 2 is 2.19 bits per heavy atom. The molecule has 5 nitrogen and oxygen atoms in total. The van der Waals surface area contributed by atoms with Crippen molar-refractivity contribution in [1.82, 2.24) is 14.6 Å². The first-order valence-corrected chi connectivity index (χ1v) is 5.46. The topological polar surface area (TPSA) is 59.7 Å². The van der Waals surface area contributed by atoms with Gasteiger partial charge in [0.2, 0.25) is 0 Å². The highest BCUT2D eigenvalue weighted by atomic mass is 16.5. The van der Waals surface area contributed by atoms with Gasteiger partial charge in [-0.15, -0.1) is 0 Å². The smallest absolute Gasteiger partial charge is 0.197 e. The molecule has 0 aliphatic carbocycles. The van der Waals surface area contributed by atoms with Gasteiger partial charge in [0.15, 0.2) is 17.2 Å². The fraction of sp³-hybridized carbons (Fsp3) is 0.455. The summed E-state index contributed by atoms with van der Waals surface area (Å²) in [6, 6.07) is 3.38. The minimum Gasteiger partial charge on any atom is -0.504 e. The Morgan fingerprint density at radius 3 is 2.94 bits per heavy atom. The van der Waals surface area contributed by atoms with E-state index in [9.17, 15) is 5.11 Å². The van der Waals surface area contributed by atoms with Gasteiger partial charge in [-0.3, -0.25) is 0 Å². The summed E-state index contributed by atoms with van der Waals surface area (Å²) in [6.07, 6.45) is 3.71. The molecule has 3 heterocycles. The van der Waals surface area contributed by atoms with Crippen molar-refractivity contribution >= 4 is 5.65 Å². The summed E-state index contributed by atoms with van der Waals surface area (Å²) in [5.74, 6) is 1.34. The first kappa shape index (κ1) is 9.59. The number of aromatic hydroxyl groups is 1. The molecule has 3 rings (SSSR count).